The van der Waals surface area contributed by atoms with Crippen LogP contribution in [0, 0.1) is 13.8 Å². The van der Waals surface area contributed by atoms with Gasteiger partial charge in [-0.25, -0.2) is 0 Å². The van der Waals surface area contributed by atoms with E-state index in [0.29, 0.717) is 30.2 Å². The average molecular weight is 616 g/mol. The van der Waals surface area contributed by atoms with Crippen LogP contribution in [0.15, 0.2) is 85.1 Å². The first-order valence-corrected chi connectivity index (χ1v) is 15.6. The number of ether oxygens (including phenoxy) is 1. The van der Waals surface area contributed by atoms with E-state index in [1.54, 1.807) is 30.5 Å². The molecule has 0 aliphatic carbocycles. The van der Waals surface area contributed by atoms with Crippen LogP contribution in [0.3, 0.4) is 0 Å². The lowest BCUT2D eigenvalue weighted by Crippen LogP contribution is -2.34. The summed E-state index contributed by atoms with van der Waals surface area (Å²) in [4.78, 5) is 19.5. The number of benzene rings is 3. The Balaban J connectivity index is 1.00. The van der Waals surface area contributed by atoms with E-state index in [1.807, 2.05) is 18.2 Å². The van der Waals surface area contributed by atoms with Crippen molar-refractivity contribution < 1.29 is 22.7 Å². The molecule has 0 atom stereocenters. The number of halogens is 3. The van der Waals surface area contributed by atoms with Crippen molar-refractivity contribution in [3.8, 4) is 16.9 Å². The molecular formula is C37H40F3N3O2. The lowest BCUT2D eigenvalue weighted by molar-refractivity contribution is -0.137. The van der Waals surface area contributed by atoms with Crippen molar-refractivity contribution in [1.82, 2.24) is 15.2 Å². The third-order valence-corrected chi connectivity index (χ3v) is 8.57. The number of carbonyl (C=O) groups is 1. The molecule has 8 heteroatoms. The molecule has 1 amide bonds. The third kappa shape index (κ3) is 8.72. The average Bonchev–Trinajstić information content (AvgIpc) is 3.05. The number of alkyl halides is 3. The highest BCUT2D eigenvalue weighted by atomic mass is 19.4. The molecule has 0 radical (unpaired) electrons. The number of carbonyl (C=O) groups excluding carboxylic acids is 1. The molecule has 1 saturated heterocycles. The minimum absolute atomic E-state index is 0.145. The SMILES string of the molecule is Cc1cc(C2CCN(CCCCNC(=O)c3ccc(-c4ccc(C(F)(F)F)cc4)cc3)CC2)c(C)cc1OCc1ccccn1. The van der Waals surface area contributed by atoms with E-state index in [2.05, 4.69) is 41.2 Å². The van der Waals surface area contributed by atoms with Gasteiger partial charge in [0.05, 0.1) is 11.3 Å². The second-order valence-corrected chi connectivity index (χ2v) is 11.8. The normalized spacial score (nSPS) is 14.3. The Hall–Kier alpha value is -4.17. The summed E-state index contributed by atoms with van der Waals surface area (Å²) in [6.45, 7) is 8.51. The summed E-state index contributed by atoms with van der Waals surface area (Å²) in [5.74, 6) is 1.32. The van der Waals surface area contributed by atoms with Crippen LogP contribution in [0.4, 0.5) is 13.2 Å². The second-order valence-electron chi connectivity index (χ2n) is 11.8. The molecule has 1 N–H and O–H groups in total. The molecule has 236 valence electrons. The van der Waals surface area contributed by atoms with Gasteiger partial charge in [-0.1, -0.05) is 36.4 Å². The lowest BCUT2D eigenvalue weighted by atomic mass is 9.85. The van der Waals surface area contributed by atoms with Crippen LogP contribution >= 0.6 is 0 Å². The number of nitrogens with zero attached hydrogens (tertiary/aromatic N) is 2. The largest absolute Gasteiger partial charge is 0.487 e. The molecule has 3 aromatic carbocycles. The molecule has 0 saturated carbocycles. The van der Waals surface area contributed by atoms with E-state index in [1.165, 1.54) is 23.3 Å². The number of nitrogens with one attached hydrogen (secondary N) is 1. The molecule has 0 unspecified atom stereocenters. The fourth-order valence-corrected chi connectivity index (χ4v) is 5.94. The van der Waals surface area contributed by atoms with E-state index in [-0.39, 0.29) is 5.91 Å². The molecule has 5 nitrogen and oxygen atoms in total. The van der Waals surface area contributed by atoms with Crippen LogP contribution in [-0.2, 0) is 12.8 Å². The van der Waals surface area contributed by atoms with Gasteiger partial charge in [-0.3, -0.25) is 9.78 Å². The van der Waals surface area contributed by atoms with E-state index in [0.717, 1.165) is 80.0 Å². The summed E-state index contributed by atoms with van der Waals surface area (Å²) < 4.78 is 44.5. The number of unbranched alkanes of at least 4 members (excludes halogenated alkanes) is 1. The zero-order valence-electron chi connectivity index (χ0n) is 25.9. The van der Waals surface area contributed by atoms with Gasteiger partial charge in [0.25, 0.3) is 5.91 Å². The number of hydrogen-bond donors (Lipinski definition) is 1. The van der Waals surface area contributed by atoms with Gasteiger partial charge in [-0.05, 0) is 135 Å². The number of piperidine rings is 1. The van der Waals surface area contributed by atoms with Gasteiger partial charge in [0.15, 0.2) is 0 Å². The zero-order valence-corrected chi connectivity index (χ0v) is 25.9. The number of pyridine rings is 1. The maximum Gasteiger partial charge on any atom is 0.416 e. The molecule has 1 aliphatic rings. The van der Waals surface area contributed by atoms with Gasteiger partial charge in [0.1, 0.15) is 12.4 Å². The molecule has 4 aromatic rings. The van der Waals surface area contributed by atoms with Gasteiger partial charge in [-0.15, -0.1) is 0 Å². The number of likely N-dealkylation sites (tertiary alicyclic amines) is 1. The molecule has 1 aliphatic heterocycles. The van der Waals surface area contributed by atoms with Gasteiger partial charge < -0.3 is 15.0 Å². The van der Waals surface area contributed by atoms with Crippen molar-refractivity contribution in [3.05, 3.63) is 119 Å². The summed E-state index contributed by atoms with van der Waals surface area (Å²) >= 11 is 0. The van der Waals surface area contributed by atoms with Gasteiger partial charge >= 0.3 is 6.18 Å². The zero-order chi connectivity index (χ0) is 31.8. The first-order valence-electron chi connectivity index (χ1n) is 15.6. The molecule has 5 rings (SSSR count). The fraction of sp³-hybridized carbons (Fsp3) is 0.351. The number of hydrogen-bond acceptors (Lipinski definition) is 4. The van der Waals surface area contributed by atoms with Crippen molar-refractivity contribution >= 4 is 5.91 Å². The van der Waals surface area contributed by atoms with Crippen LogP contribution in [0.25, 0.3) is 11.1 Å². The number of aryl methyl sites for hydroxylation is 2. The highest BCUT2D eigenvalue weighted by Gasteiger charge is 2.30. The number of rotatable bonds is 11. The maximum atomic E-state index is 12.8. The standard InChI is InChI=1S/C37H40F3N3O2/c1-26-24-35(45-25-33-7-3-4-18-41-33)27(2)23-34(26)30-16-21-43(22-17-30)20-6-5-19-42-36(44)31-10-8-28(9-11-31)29-12-14-32(15-13-29)37(38,39)40/h3-4,7-15,18,23-24,30H,5-6,16-17,19-22,25H2,1-2H3,(H,42,44). The van der Waals surface area contributed by atoms with Crippen LogP contribution in [0.1, 0.15) is 69.9 Å². The van der Waals surface area contributed by atoms with Crippen molar-refractivity contribution in [2.75, 3.05) is 26.2 Å². The predicted octanol–water partition coefficient (Wildman–Crippen LogP) is 8.35. The van der Waals surface area contributed by atoms with E-state index in [9.17, 15) is 18.0 Å². The molecule has 0 spiro atoms. The molecule has 45 heavy (non-hydrogen) atoms. The predicted molar refractivity (Wildman–Crippen MR) is 171 cm³/mol. The van der Waals surface area contributed by atoms with E-state index < -0.39 is 11.7 Å². The highest BCUT2D eigenvalue weighted by molar-refractivity contribution is 5.94. The molecule has 2 heterocycles. The Labute approximate surface area is 263 Å². The Bertz CT molecular complexity index is 1550. The van der Waals surface area contributed by atoms with Crippen LogP contribution in [0.2, 0.25) is 0 Å². The van der Waals surface area contributed by atoms with Crippen molar-refractivity contribution in [3.63, 3.8) is 0 Å². The summed E-state index contributed by atoms with van der Waals surface area (Å²) in [5, 5.41) is 2.99. The van der Waals surface area contributed by atoms with Crippen molar-refractivity contribution in [2.45, 2.75) is 58.2 Å². The molecular weight excluding hydrogens is 575 g/mol. The molecule has 1 aromatic heterocycles. The van der Waals surface area contributed by atoms with Gasteiger partial charge in [0.2, 0.25) is 0 Å². The Morgan fingerprint density at radius 2 is 1.60 bits per heavy atom. The molecule has 0 bridgehead atoms. The summed E-state index contributed by atoms with van der Waals surface area (Å²) in [6, 6.07) is 22.3. The summed E-state index contributed by atoms with van der Waals surface area (Å²) in [5.41, 5.74) is 6.06. The maximum absolute atomic E-state index is 12.8. The highest BCUT2D eigenvalue weighted by Crippen LogP contribution is 2.34. The minimum Gasteiger partial charge on any atom is -0.487 e. The topological polar surface area (TPSA) is 54.5 Å². The van der Waals surface area contributed by atoms with Gasteiger partial charge in [-0.2, -0.15) is 13.2 Å². The third-order valence-electron chi connectivity index (χ3n) is 8.57. The van der Waals surface area contributed by atoms with Crippen molar-refractivity contribution in [1.29, 1.82) is 0 Å². The number of aromatic nitrogens is 1. The smallest absolute Gasteiger partial charge is 0.416 e. The van der Waals surface area contributed by atoms with E-state index in [4.69, 9.17) is 4.74 Å². The Kier molecular flexibility index (Phi) is 10.6. The first kappa shape index (κ1) is 32.2. The summed E-state index contributed by atoms with van der Waals surface area (Å²) in [6.07, 6.45) is 1.60. The number of amides is 1. The van der Waals surface area contributed by atoms with Crippen molar-refractivity contribution in [2.24, 2.45) is 0 Å². The Morgan fingerprint density at radius 1 is 0.911 bits per heavy atom. The van der Waals surface area contributed by atoms with E-state index >= 15 is 0 Å². The molecule has 1 fully saturated rings. The van der Waals surface area contributed by atoms with Crippen LogP contribution in [-0.4, -0.2) is 42.0 Å². The Morgan fingerprint density at radius 3 is 2.24 bits per heavy atom. The lowest BCUT2D eigenvalue weighted by Gasteiger charge is -2.33. The fourth-order valence-electron chi connectivity index (χ4n) is 5.94. The minimum atomic E-state index is -4.36. The second kappa shape index (κ2) is 14.7. The quantitative estimate of drug-likeness (QED) is 0.172. The first-order chi connectivity index (χ1) is 21.7. The van der Waals surface area contributed by atoms with Crippen LogP contribution < -0.4 is 10.1 Å². The van der Waals surface area contributed by atoms with Gasteiger partial charge in [0, 0.05) is 18.3 Å². The summed E-state index contributed by atoms with van der Waals surface area (Å²) in [7, 11) is 0. The van der Waals surface area contributed by atoms with Crippen LogP contribution in [0.5, 0.6) is 5.75 Å². The monoisotopic (exact) mass is 615 g/mol.